The van der Waals surface area contributed by atoms with Gasteiger partial charge in [0.15, 0.2) is 0 Å². The number of aromatic nitrogens is 2. The third-order valence-corrected chi connectivity index (χ3v) is 4.94. The molecule has 1 aliphatic heterocycles. The Morgan fingerprint density at radius 1 is 1.26 bits per heavy atom. The molecule has 1 aromatic carbocycles. The number of hydrogen-bond donors (Lipinski definition) is 0. The number of pyridine rings is 1. The van der Waals surface area contributed by atoms with Gasteiger partial charge in [-0.05, 0) is 23.8 Å². The van der Waals surface area contributed by atoms with Gasteiger partial charge in [0, 0.05) is 42.8 Å². The van der Waals surface area contributed by atoms with Gasteiger partial charge >= 0.3 is 0 Å². The molecule has 3 heterocycles. The molecule has 1 atom stereocenters. The summed E-state index contributed by atoms with van der Waals surface area (Å²) in [5.74, 6) is -0.223. The van der Waals surface area contributed by atoms with Gasteiger partial charge in [0.25, 0.3) is 0 Å². The molecular weight excluding hydrogens is 313 g/mol. The van der Waals surface area contributed by atoms with Gasteiger partial charge in [-0.25, -0.2) is 9.37 Å². The van der Waals surface area contributed by atoms with Gasteiger partial charge in [-0.1, -0.05) is 6.07 Å². The third kappa shape index (κ3) is 2.97. The molecule has 6 heteroatoms. The highest BCUT2D eigenvalue weighted by Gasteiger charge is 2.24. The first-order chi connectivity index (χ1) is 11.3. The highest BCUT2D eigenvalue weighted by Crippen LogP contribution is 2.26. The van der Waals surface area contributed by atoms with Gasteiger partial charge in [0.1, 0.15) is 16.9 Å². The predicted molar refractivity (Wildman–Crippen MR) is 87.8 cm³/mol. The van der Waals surface area contributed by atoms with Gasteiger partial charge in [-0.15, -0.1) is 11.3 Å². The molecule has 1 aliphatic rings. The Labute approximate surface area is 137 Å². The molecule has 23 heavy (non-hydrogen) atoms. The van der Waals surface area contributed by atoms with E-state index < -0.39 is 0 Å². The van der Waals surface area contributed by atoms with Crippen LogP contribution >= 0.6 is 11.3 Å². The number of ether oxygens (including phenoxy) is 1. The number of morpholine rings is 1. The summed E-state index contributed by atoms with van der Waals surface area (Å²) < 4.78 is 19.7. The molecule has 2 aromatic heterocycles. The second-order valence-electron chi connectivity index (χ2n) is 5.57. The number of nitrogens with zero attached hydrogens (tertiary/aromatic N) is 3. The first kappa shape index (κ1) is 14.7. The van der Waals surface area contributed by atoms with E-state index in [4.69, 9.17) is 4.74 Å². The van der Waals surface area contributed by atoms with Crippen LogP contribution in [0.1, 0.15) is 16.7 Å². The van der Waals surface area contributed by atoms with E-state index in [-0.39, 0.29) is 11.9 Å². The molecule has 0 amide bonds. The van der Waals surface area contributed by atoms with Crippen molar-refractivity contribution in [3.8, 4) is 0 Å². The lowest BCUT2D eigenvalue weighted by Gasteiger charge is -2.32. The number of fused-ring (bicyclic) bond motifs is 1. The molecule has 3 aromatic rings. The lowest BCUT2D eigenvalue weighted by molar-refractivity contribution is -0.0329. The van der Waals surface area contributed by atoms with Crippen molar-refractivity contribution in [1.29, 1.82) is 0 Å². The maximum Gasteiger partial charge on any atom is 0.132 e. The molecule has 118 valence electrons. The van der Waals surface area contributed by atoms with Crippen LogP contribution in [0.5, 0.6) is 0 Å². The largest absolute Gasteiger partial charge is 0.368 e. The monoisotopic (exact) mass is 329 g/mol. The number of thiazole rings is 1. The Balaban J connectivity index is 1.57. The summed E-state index contributed by atoms with van der Waals surface area (Å²) in [4.78, 5) is 11.0. The van der Waals surface area contributed by atoms with E-state index in [0.29, 0.717) is 12.0 Å². The Hall–Kier alpha value is -1.89. The minimum atomic E-state index is -0.223. The van der Waals surface area contributed by atoms with Crippen LogP contribution in [0.2, 0.25) is 0 Å². The molecule has 0 N–H and O–H groups in total. The Kier molecular flexibility index (Phi) is 4.03. The normalized spacial score (nSPS) is 19.3. The Bertz CT molecular complexity index is 809. The SMILES string of the molecule is Fc1ccc(CN2CCO[C@@H](c3nccs3)C2)c2ncccc12. The molecule has 0 aliphatic carbocycles. The van der Waals surface area contributed by atoms with Gasteiger partial charge in [0.2, 0.25) is 0 Å². The van der Waals surface area contributed by atoms with Crippen LogP contribution in [0.15, 0.2) is 42.0 Å². The zero-order valence-electron chi connectivity index (χ0n) is 12.5. The van der Waals surface area contributed by atoms with E-state index in [9.17, 15) is 4.39 Å². The van der Waals surface area contributed by atoms with Gasteiger partial charge < -0.3 is 4.74 Å². The number of rotatable bonds is 3. The van der Waals surface area contributed by atoms with E-state index >= 15 is 0 Å². The van der Waals surface area contributed by atoms with Crippen LogP contribution < -0.4 is 0 Å². The van der Waals surface area contributed by atoms with Crippen LogP contribution in [0.3, 0.4) is 0 Å². The second kappa shape index (κ2) is 6.31. The lowest BCUT2D eigenvalue weighted by Crippen LogP contribution is -2.37. The fourth-order valence-corrected chi connectivity index (χ4v) is 3.63. The third-order valence-electron chi connectivity index (χ3n) is 4.07. The fraction of sp³-hybridized carbons (Fsp3) is 0.294. The van der Waals surface area contributed by atoms with Crippen molar-refractivity contribution >= 4 is 22.2 Å². The quantitative estimate of drug-likeness (QED) is 0.738. The number of benzene rings is 1. The summed E-state index contributed by atoms with van der Waals surface area (Å²) in [7, 11) is 0. The predicted octanol–water partition coefficient (Wildman–Crippen LogP) is 3.40. The summed E-state index contributed by atoms with van der Waals surface area (Å²) >= 11 is 1.62. The molecule has 0 saturated carbocycles. The van der Waals surface area contributed by atoms with E-state index in [1.807, 2.05) is 11.4 Å². The maximum atomic E-state index is 13.9. The first-order valence-electron chi connectivity index (χ1n) is 7.57. The summed E-state index contributed by atoms with van der Waals surface area (Å²) in [5, 5.41) is 3.56. The van der Waals surface area contributed by atoms with Gasteiger partial charge in [-0.2, -0.15) is 0 Å². The minimum Gasteiger partial charge on any atom is -0.368 e. The van der Waals surface area contributed by atoms with Crippen LogP contribution in [0, 0.1) is 5.82 Å². The van der Waals surface area contributed by atoms with E-state index in [1.54, 1.807) is 35.9 Å². The highest BCUT2D eigenvalue weighted by molar-refractivity contribution is 7.09. The average molecular weight is 329 g/mol. The fourth-order valence-electron chi connectivity index (χ4n) is 2.95. The lowest BCUT2D eigenvalue weighted by atomic mass is 10.1. The number of halogens is 1. The van der Waals surface area contributed by atoms with Crippen molar-refractivity contribution in [1.82, 2.24) is 14.9 Å². The summed E-state index contributed by atoms with van der Waals surface area (Å²) in [6, 6.07) is 6.90. The highest BCUT2D eigenvalue weighted by atomic mass is 32.1. The van der Waals surface area contributed by atoms with Crippen molar-refractivity contribution in [2.75, 3.05) is 19.7 Å². The van der Waals surface area contributed by atoms with Crippen LogP contribution in [-0.2, 0) is 11.3 Å². The summed E-state index contributed by atoms with van der Waals surface area (Å²) in [6.45, 7) is 3.06. The second-order valence-corrected chi connectivity index (χ2v) is 6.50. The molecule has 0 spiro atoms. The molecule has 0 radical (unpaired) electrons. The summed E-state index contributed by atoms with van der Waals surface area (Å²) in [6.07, 6.45) is 3.53. The molecule has 4 rings (SSSR count). The van der Waals surface area contributed by atoms with Crippen molar-refractivity contribution in [3.63, 3.8) is 0 Å². The minimum absolute atomic E-state index is 0.0171. The molecular formula is C17H16FN3OS. The molecule has 4 nitrogen and oxygen atoms in total. The molecule has 1 fully saturated rings. The van der Waals surface area contributed by atoms with Crippen LogP contribution in [0.25, 0.3) is 10.9 Å². The number of hydrogen-bond acceptors (Lipinski definition) is 5. The zero-order chi connectivity index (χ0) is 15.6. The van der Waals surface area contributed by atoms with Gasteiger partial charge in [-0.3, -0.25) is 9.88 Å². The Morgan fingerprint density at radius 3 is 3.09 bits per heavy atom. The standard InChI is InChI=1S/C17H16FN3OS/c18-14-4-3-12(16-13(14)2-1-5-19-16)10-21-7-8-22-15(11-21)17-20-6-9-23-17/h1-6,9,15H,7-8,10-11H2/t15-/m1/s1. The van der Waals surface area contributed by atoms with Crippen molar-refractivity contribution in [2.45, 2.75) is 12.6 Å². The van der Waals surface area contributed by atoms with Crippen molar-refractivity contribution in [3.05, 3.63) is 58.4 Å². The molecule has 1 saturated heterocycles. The zero-order valence-corrected chi connectivity index (χ0v) is 13.3. The van der Waals surface area contributed by atoms with Gasteiger partial charge in [0.05, 0.1) is 12.1 Å². The van der Waals surface area contributed by atoms with Crippen molar-refractivity contribution < 1.29 is 9.13 Å². The van der Waals surface area contributed by atoms with E-state index in [1.165, 1.54) is 6.07 Å². The van der Waals surface area contributed by atoms with E-state index in [2.05, 4.69) is 14.9 Å². The summed E-state index contributed by atoms with van der Waals surface area (Å²) in [5.41, 5.74) is 1.78. The van der Waals surface area contributed by atoms with Crippen LogP contribution in [-0.4, -0.2) is 34.6 Å². The van der Waals surface area contributed by atoms with Crippen molar-refractivity contribution in [2.24, 2.45) is 0 Å². The topological polar surface area (TPSA) is 38.2 Å². The van der Waals surface area contributed by atoms with E-state index in [0.717, 1.165) is 35.7 Å². The molecule has 0 bridgehead atoms. The van der Waals surface area contributed by atoms with Crippen LogP contribution in [0.4, 0.5) is 4.39 Å². The Morgan fingerprint density at radius 2 is 2.22 bits per heavy atom. The molecule has 0 unspecified atom stereocenters. The first-order valence-corrected chi connectivity index (χ1v) is 8.44. The smallest absolute Gasteiger partial charge is 0.132 e. The average Bonchev–Trinajstić information content (AvgIpc) is 3.13. The maximum absolute atomic E-state index is 13.9.